The summed E-state index contributed by atoms with van der Waals surface area (Å²) in [6, 6.07) is 14.4. The average Bonchev–Trinajstić information content (AvgIpc) is 3.22. The first kappa shape index (κ1) is 26.0. The molecule has 0 aliphatic rings. The first-order valence-corrected chi connectivity index (χ1v) is 12.9. The van der Waals surface area contributed by atoms with E-state index in [-0.39, 0.29) is 11.5 Å². The summed E-state index contributed by atoms with van der Waals surface area (Å²) in [7, 11) is 0. The normalized spacial score (nSPS) is 12.2. The highest BCUT2D eigenvalue weighted by Crippen LogP contribution is 2.33. The Morgan fingerprint density at radius 1 is 0.943 bits per heavy atom. The Morgan fingerprint density at radius 3 is 2.46 bits per heavy atom. The van der Waals surface area contributed by atoms with Crippen LogP contribution >= 0.6 is 46.6 Å². The minimum Gasteiger partial charge on any atom is -0.392 e. The van der Waals surface area contributed by atoms with Gasteiger partial charge in [0.25, 0.3) is 0 Å². The molecule has 3 aromatic carbocycles. The number of halogens is 5. The van der Waals surface area contributed by atoms with Gasteiger partial charge in [-0.1, -0.05) is 65.6 Å². The number of benzene rings is 3. The summed E-state index contributed by atoms with van der Waals surface area (Å²) in [6.07, 6.45) is 2.40. The lowest BCUT2D eigenvalue weighted by molar-refractivity contribution is 0.275. The Labute approximate surface area is 221 Å². The Balaban J connectivity index is 1.69. The van der Waals surface area contributed by atoms with Crippen molar-refractivity contribution in [2.24, 2.45) is 0 Å². The number of aliphatic hydroxyl groups is 1. The van der Waals surface area contributed by atoms with E-state index in [1.54, 1.807) is 30.5 Å². The molecule has 3 nitrogen and oxygen atoms in total. The van der Waals surface area contributed by atoms with Crippen molar-refractivity contribution in [2.45, 2.75) is 36.8 Å². The molecule has 1 heterocycles. The van der Waals surface area contributed by atoms with Gasteiger partial charge in [0.1, 0.15) is 11.6 Å². The van der Waals surface area contributed by atoms with E-state index in [2.05, 4.69) is 11.9 Å². The van der Waals surface area contributed by atoms with Crippen molar-refractivity contribution in [1.82, 2.24) is 9.55 Å². The van der Waals surface area contributed by atoms with Crippen molar-refractivity contribution < 1.29 is 13.9 Å². The van der Waals surface area contributed by atoms with E-state index in [1.807, 2.05) is 16.7 Å². The van der Waals surface area contributed by atoms with Gasteiger partial charge in [-0.15, -0.1) is 0 Å². The lowest BCUT2D eigenvalue weighted by atomic mass is 9.96. The second-order valence-corrected chi connectivity index (χ2v) is 10.3. The van der Waals surface area contributed by atoms with Crippen molar-refractivity contribution in [1.29, 1.82) is 0 Å². The number of aromatic nitrogens is 2. The molecule has 0 aliphatic heterocycles. The van der Waals surface area contributed by atoms with E-state index in [0.29, 0.717) is 38.1 Å². The summed E-state index contributed by atoms with van der Waals surface area (Å²) >= 11 is 19.9. The summed E-state index contributed by atoms with van der Waals surface area (Å²) in [5.41, 5.74) is 3.56. The summed E-state index contributed by atoms with van der Waals surface area (Å²) in [5, 5.41) is 11.6. The Morgan fingerprint density at radius 2 is 1.74 bits per heavy atom. The molecule has 1 N–H and O–H groups in total. The third-order valence-electron chi connectivity index (χ3n) is 5.66. The predicted octanol–water partition coefficient (Wildman–Crippen LogP) is 8.24. The van der Waals surface area contributed by atoms with Crippen molar-refractivity contribution in [3.05, 3.63) is 110 Å². The van der Waals surface area contributed by atoms with E-state index in [1.165, 1.54) is 30.0 Å². The van der Waals surface area contributed by atoms with Crippen LogP contribution in [0.4, 0.5) is 8.78 Å². The second-order valence-electron chi connectivity index (χ2n) is 8.10. The fourth-order valence-electron chi connectivity index (χ4n) is 3.74. The smallest absolute Gasteiger partial charge is 0.173 e. The zero-order valence-corrected chi connectivity index (χ0v) is 21.7. The Hall–Kier alpha value is -2.09. The minimum atomic E-state index is -0.477. The molecule has 35 heavy (non-hydrogen) atoms. The number of aliphatic hydroxyl groups excluding tert-OH is 1. The summed E-state index contributed by atoms with van der Waals surface area (Å²) in [5.74, 6) is -0.324. The van der Waals surface area contributed by atoms with Gasteiger partial charge in [-0.25, -0.2) is 13.8 Å². The number of hydrogen-bond acceptors (Lipinski definition) is 3. The van der Waals surface area contributed by atoms with Crippen LogP contribution in [0.3, 0.4) is 0 Å². The summed E-state index contributed by atoms with van der Waals surface area (Å²) < 4.78 is 29.5. The topological polar surface area (TPSA) is 38.0 Å². The molecule has 0 spiro atoms. The van der Waals surface area contributed by atoms with Crippen LogP contribution in [-0.4, -0.2) is 14.7 Å². The molecule has 0 amide bonds. The van der Waals surface area contributed by atoms with E-state index in [0.717, 1.165) is 16.8 Å². The molecule has 4 aromatic rings. The van der Waals surface area contributed by atoms with Crippen LogP contribution in [0.15, 0.2) is 66.0 Å². The number of nitrogens with zero attached hydrogens (tertiary/aromatic N) is 2. The van der Waals surface area contributed by atoms with Crippen molar-refractivity contribution in [3.63, 3.8) is 0 Å². The van der Waals surface area contributed by atoms with Crippen molar-refractivity contribution >= 4 is 46.6 Å². The Kier molecular flexibility index (Phi) is 8.40. The molecule has 0 saturated heterocycles. The molecule has 1 unspecified atom stereocenters. The van der Waals surface area contributed by atoms with E-state index in [9.17, 15) is 13.9 Å². The molecule has 0 aliphatic carbocycles. The van der Waals surface area contributed by atoms with Crippen LogP contribution in [-0.2, 0) is 18.8 Å². The maximum Gasteiger partial charge on any atom is 0.173 e. The fourth-order valence-corrected chi connectivity index (χ4v) is 5.38. The average molecular weight is 554 g/mol. The monoisotopic (exact) mass is 552 g/mol. The fraction of sp³-hybridized carbons (Fsp3) is 0.192. The van der Waals surface area contributed by atoms with Gasteiger partial charge in [-0.2, -0.15) is 0 Å². The maximum absolute atomic E-state index is 14.1. The molecular formula is C26H21Cl3F2N2OS. The summed E-state index contributed by atoms with van der Waals surface area (Å²) in [4.78, 5) is 4.62. The number of hydrogen-bond donors (Lipinski definition) is 1. The zero-order chi connectivity index (χ0) is 25.1. The number of thioether (sulfide) groups is 1. The Bertz CT molecular complexity index is 1360. The molecule has 182 valence electrons. The molecular weight excluding hydrogens is 533 g/mol. The predicted molar refractivity (Wildman–Crippen MR) is 139 cm³/mol. The van der Waals surface area contributed by atoms with Gasteiger partial charge >= 0.3 is 0 Å². The summed E-state index contributed by atoms with van der Waals surface area (Å²) in [6.45, 7) is 1.66. The molecule has 0 radical (unpaired) electrons. The zero-order valence-electron chi connectivity index (χ0n) is 18.6. The third kappa shape index (κ3) is 6.01. The lowest BCUT2D eigenvalue weighted by Crippen LogP contribution is -2.07. The molecule has 9 heteroatoms. The minimum absolute atomic E-state index is 0.0855. The standard InChI is InChI=1S/C26H21Cl3F2N2OS/c1-15(16-3-6-22(27)24(29)10-16)8-21-12-32-26(35-14-17-2-4-19(30)11-23(17)28)33(21)20-5-7-25(31)18(9-20)13-34/h2-7,9-12,15,34H,8,13-14H2,1H3. The quantitative estimate of drug-likeness (QED) is 0.223. The van der Waals surface area contributed by atoms with Gasteiger partial charge in [-0.3, -0.25) is 4.57 Å². The molecule has 0 saturated carbocycles. The van der Waals surface area contributed by atoms with Gasteiger partial charge in [0.15, 0.2) is 5.16 Å². The highest BCUT2D eigenvalue weighted by Gasteiger charge is 2.18. The highest BCUT2D eigenvalue weighted by atomic mass is 35.5. The van der Waals surface area contributed by atoms with Gasteiger partial charge < -0.3 is 5.11 Å². The molecule has 1 atom stereocenters. The number of rotatable bonds is 8. The molecule has 0 fully saturated rings. The van der Waals surface area contributed by atoms with E-state index < -0.39 is 18.2 Å². The van der Waals surface area contributed by atoms with Gasteiger partial charge in [0.2, 0.25) is 0 Å². The number of imidazole rings is 1. The van der Waals surface area contributed by atoms with Crippen LogP contribution in [0.1, 0.15) is 35.2 Å². The third-order valence-corrected chi connectivity index (χ3v) is 7.75. The largest absolute Gasteiger partial charge is 0.392 e. The molecule has 4 rings (SSSR count). The van der Waals surface area contributed by atoms with E-state index in [4.69, 9.17) is 34.8 Å². The molecule has 0 bridgehead atoms. The van der Waals surface area contributed by atoms with Crippen LogP contribution in [0.2, 0.25) is 15.1 Å². The van der Waals surface area contributed by atoms with Crippen molar-refractivity contribution in [2.75, 3.05) is 0 Å². The lowest BCUT2D eigenvalue weighted by Gasteiger charge is -2.17. The van der Waals surface area contributed by atoms with Gasteiger partial charge in [-0.05, 0) is 65.9 Å². The molecule has 1 aromatic heterocycles. The SMILES string of the molecule is CC(Cc1cnc(SCc2ccc(F)cc2Cl)n1-c1ccc(F)c(CO)c1)c1ccc(Cl)c(Cl)c1. The first-order chi connectivity index (χ1) is 16.8. The first-order valence-electron chi connectivity index (χ1n) is 10.7. The van der Waals surface area contributed by atoms with E-state index >= 15 is 0 Å². The van der Waals surface area contributed by atoms with Gasteiger partial charge in [0, 0.05) is 33.9 Å². The van der Waals surface area contributed by atoms with Gasteiger partial charge in [0.05, 0.1) is 16.7 Å². The second kappa shape index (κ2) is 11.3. The van der Waals surface area contributed by atoms with Crippen LogP contribution in [0, 0.1) is 11.6 Å². The van der Waals surface area contributed by atoms with Crippen LogP contribution in [0.25, 0.3) is 5.69 Å². The van der Waals surface area contributed by atoms with Crippen molar-refractivity contribution in [3.8, 4) is 5.69 Å². The maximum atomic E-state index is 14.1. The van der Waals surface area contributed by atoms with Crippen LogP contribution < -0.4 is 0 Å². The van der Waals surface area contributed by atoms with Crippen LogP contribution in [0.5, 0.6) is 0 Å². The highest BCUT2D eigenvalue weighted by molar-refractivity contribution is 7.98.